The van der Waals surface area contributed by atoms with Crippen LogP contribution in [0.4, 0.5) is 5.82 Å². The van der Waals surface area contributed by atoms with Gasteiger partial charge in [-0.3, -0.25) is 9.59 Å². The van der Waals surface area contributed by atoms with Gasteiger partial charge < -0.3 is 16.0 Å². The van der Waals surface area contributed by atoms with Gasteiger partial charge in [0.15, 0.2) is 5.69 Å². The van der Waals surface area contributed by atoms with E-state index in [9.17, 15) is 9.59 Å². The first-order valence-corrected chi connectivity index (χ1v) is 6.93. The Morgan fingerprint density at radius 2 is 1.90 bits per heavy atom. The molecule has 0 radical (unpaired) electrons. The van der Waals surface area contributed by atoms with Crippen molar-refractivity contribution in [2.75, 3.05) is 11.9 Å². The smallest absolute Gasteiger partial charge is 0.272 e. The Morgan fingerprint density at radius 3 is 2.38 bits per heavy atom. The van der Waals surface area contributed by atoms with Crippen molar-refractivity contribution in [3.8, 4) is 0 Å². The van der Waals surface area contributed by atoms with Gasteiger partial charge in [-0.15, -0.1) is 10.2 Å². The molecule has 0 aliphatic heterocycles. The van der Waals surface area contributed by atoms with Gasteiger partial charge in [0.05, 0.1) is 0 Å². The molecule has 7 heteroatoms. The second kappa shape index (κ2) is 7.01. The zero-order chi connectivity index (χ0) is 16.0. The molecule has 116 valence electrons. The highest BCUT2D eigenvalue weighted by Gasteiger charge is 2.21. The molecule has 1 rings (SSSR count). The number of carbonyl (C=O) groups excluding carboxylic acids is 2. The van der Waals surface area contributed by atoms with Crippen molar-refractivity contribution in [1.29, 1.82) is 0 Å². The van der Waals surface area contributed by atoms with Gasteiger partial charge in [0.25, 0.3) is 5.91 Å². The zero-order valence-electron chi connectivity index (χ0n) is 13.2. The predicted octanol–water partition coefficient (Wildman–Crippen LogP) is 0.941. The molecule has 0 aliphatic carbocycles. The van der Waals surface area contributed by atoms with Crippen LogP contribution in [-0.4, -0.2) is 40.1 Å². The maximum atomic E-state index is 12.0. The minimum atomic E-state index is -0.646. The van der Waals surface area contributed by atoms with E-state index in [1.807, 2.05) is 27.7 Å². The lowest BCUT2D eigenvalue weighted by Gasteiger charge is -2.23. The monoisotopic (exact) mass is 293 g/mol. The van der Waals surface area contributed by atoms with E-state index in [0.717, 1.165) is 6.54 Å². The number of carbonyl (C=O) groups is 2. The summed E-state index contributed by atoms with van der Waals surface area (Å²) in [7, 11) is 0. The Morgan fingerprint density at radius 1 is 1.24 bits per heavy atom. The summed E-state index contributed by atoms with van der Waals surface area (Å²) in [4.78, 5) is 23.9. The van der Waals surface area contributed by atoms with Crippen molar-refractivity contribution < 1.29 is 9.59 Å². The Labute approximate surface area is 124 Å². The van der Waals surface area contributed by atoms with Crippen LogP contribution in [0.15, 0.2) is 12.1 Å². The highest BCUT2D eigenvalue weighted by Crippen LogP contribution is 2.03. The van der Waals surface area contributed by atoms with Crippen LogP contribution in [0, 0.1) is 0 Å². The summed E-state index contributed by atoms with van der Waals surface area (Å²) in [6.45, 7) is 9.93. The Bertz CT molecular complexity index is 493. The van der Waals surface area contributed by atoms with Gasteiger partial charge in [-0.2, -0.15) is 0 Å². The van der Waals surface area contributed by atoms with Crippen LogP contribution >= 0.6 is 0 Å². The normalized spacial score (nSPS) is 12.4. The molecule has 1 unspecified atom stereocenters. The van der Waals surface area contributed by atoms with E-state index < -0.39 is 11.9 Å². The van der Waals surface area contributed by atoms with Gasteiger partial charge in [0.1, 0.15) is 11.9 Å². The summed E-state index contributed by atoms with van der Waals surface area (Å²) in [6, 6.07) is 2.59. The largest absolute Gasteiger partial charge is 0.369 e. The van der Waals surface area contributed by atoms with E-state index >= 15 is 0 Å². The fourth-order valence-corrected chi connectivity index (χ4v) is 1.54. The van der Waals surface area contributed by atoms with Crippen LogP contribution < -0.4 is 16.0 Å². The number of amides is 2. The van der Waals surface area contributed by atoms with E-state index in [1.165, 1.54) is 0 Å². The second-order valence-corrected chi connectivity index (χ2v) is 5.77. The maximum Gasteiger partial charge on any atom is 0.272 e. The molecule has 1 atom stereocenters. The summed E-state index contributed by atoms with van der Waals surface area (Å²) in [5.41, 5.74) is -0.171. The van der Waals surface area contributed by atoms with E-state index in [4.69, 9.17) is 0 Å². The Kier molecular flexibility index (Phi) is 5.63. The van der Waals surface area contributed by atoms with Gasteiger partial charge in [-0.1, -0.05) is 0 Å². The number of anilines is 1. The fourth-order valence-electron chi connectivity index (χ4n) is 1.54. The van der Waals surface area contributed by atoms with Crippen LogP contribution in [0.1, 0.15) is 45.1 Å². The molecule has 1 aromatic heterocycles. The van der Waals surface area contributed by atoms with Crippen molar-refractivity contribution in [3.05, 3.63) is 17.8 Å². The average Bonchev–Trinajstić information content (AvgIpc) is 2.37. The molecule has 1 heterocycles. The third kappa shape index (κ3) is 5.76. The molecule has 21 heavy (non-hydrogen) atoms. The van der Waals surface area contributed by atoms with Crippen molar-refractivity contribution >= 4 is 17.6 Å². The van der Waals surface area contributed by atoms with Crippen LogP contribution in [-0.2, 0) is 4.79 Å². The van der Waals surface area contributed by atoms with Crippen LogP contribution in [0.3, 0.4) is 0 Å². The van der Waals surface area contributed by atoms with E-state index in [2.05, 4.69) is 26.1 Å². The SMILES string of the molecule is CCNc1ccc(C(=O)NC(C)C(=O)NC(C)(C)C)nn1. The fraction of sp³-hybridized carbons (Fsp3) is 0.571. The van der Waals surface area contributed by atoms with Crippen molar-refractivity contribution in [2.45, 2.75) is 46.2 Å². The van der Waals surface area contributed by atoms with Crippen LogP contribution in [0.25, 0.3) is 0 Å². The molecule has 2 amide bonds. The quantitative estimate of drug-likeness (QED) is 0.751. The van der Waals surface area contributed by atoms with Crippen molar-refractivity contribution in [1.82, 2.24) is 20.8 Å². The summed E-state index contributed by atoms with van der Waals surface area (Å²) in [6.07, 6.45) is 0. The Balaban J connectivity index is 2.61. The van der Waals surface area contributed by atoms with Gasteiger partial charge in [-0.25, -0.2) is 0 Å². The number of hydrogen-bond donors (Lipinski definition) is 3. The standard InChI is InChI=1S/C14H23N5O2/c1-6-15-11-8-7-10(18-19-11)13(21)16-9(2)12(20)17-14(3,4)5/h7-9H,6H2,1-5H3,(H,15,19)(H,16,21)(H,17,20). The number of nitrogens with zero attached hydrogens (tertiary/aromatic N) is 2. The molecule has 0 aromatic carbocycles. The summed E-state index contributed by atoms with van der Waals surface area (Å²) in [5, 5.41) is 16.1. The molecule has 0 saturated heterocycles. The first-order valence-electron chi connectivity index (χ1n) is 6.93. The van der Waals surface area contributed by atoms with Crippen LogP contribution in [0.2, 0.25) is 0 Å². The minimum absolute atomic E-state index is 0.173. The van der Waals surface area contributed by atoms with Gasteiger partial charge in [0.2, 0.25) is 5.91 Å². The number of aromatic nitrogens is 2. The van der Waals surface area contributed by atoms with Crippen LogP contribution in [0.5, 0.6) is 0 Å². The Hall–Kier alpha value is -2.18. The number of nitrogens with one attached hydrogen (secondary N) is 3. The third-order valence-corrected chi connectivity index (χ3v) is 2.49. The summed E-state index contributed by atoms with van der Waals surface area (Å²) >= 11 is 0. The highest BCUT2D eigenvalue weighted by molar-refractivity contribution is 5.96. The molecule has 0 bridgehead atoms. The van der Waals surface area contributed by atoms with Gasteiger partial charge >= 0.3 is 0 Å². The van der Waals surface area contributed by atoms with E-state index in [1.54, 1.807) is 19.1 Å². The van der Waals surface area contributed by atoms with E-state index in [-0.39, 0.29) is 17.1 Å². The molecule has 0 fully saturated rings. The molecule has 7 nitrogen and oxygen atoms in total. The molecule has 1 aromatic rings. The molecule has 0 aliphatic rings. The molecule has 3 N–H and O–H groups in total. The maximum absolute atomic E-state index is 12.0. The average molecular weight is 293 g/mol. The summed E-state index contributed by atoms with van der Waals surface area (Å²) in [5.74, 6) is -0.0669. The zero-order valence-corrected chi connectivity index (χ0v) is 13.2. The molecule has 0 spiro atoms. The van der Waals surface area contributed by atoms with Crippen molar-refractivity contribution in [2.24, 2.45) is 0 Å². The predicted molar refractivity (Wildman–Crippen MR) is 81.0 cm³/mol. The lowest BCUT2D eigenvalue weighted by Crippen LogP contribution is -2.50. The third-order valence-electron chi connectivity index (χ3n) is 2.49. The minimum Gasteiger partial charge on any atom is -0.369 e. The lowest BCUT2D eigenvalue weighted by atomic mass is 10.1. The number of hydrogen-bond acceptors (Lipinski definition) is 5. The highest BCUT2D eigenvalue weighted by atomic mass is 16.2. The molecular weight excluding hydrogens is 270 g/mol. The lowest BCUT2D eigenvalue weighted by molar-refractivity contribution is -0.124. The molecular formula is C14H23N5O2. The topological polar surface area (TPSA) is 96.0 Å². The van der Waals surface area contributed by atoms with E-state index in [0.29, 0.717) is 5.82 Å². The van der Waals surface area contributed by atoms with Gasteiger partial charge in [0, 0.05) is 12.1 Å². The second-order valence-electron chi connectivity index (χ2n) is 5.77. The summed E-state index contributed by atoms with van der Waals surface area (Å²) < 4.78 is 0. The number of rotatable bonds is 5. The van der Waals surface area contributed by atoms with Gasteiger partial charge in [-0.05, 0) is 46.8 Å². The van der Waals surface area contributed by atoms with Crippen molar-refractivity contribution in [3.63, 3.8) is 0 Å². The first kappa shape index (κ1) is 16.9. The molecule has 0 saturated carbocycles. The first-order chi connectivity index (χ1) is 9.73.